The van der Waals surface area contributed by atoms with E-state index >= 15 is 0 Å². The molecule has 2 fully saturated rings. The highest BCUT2D eigenvalue weighted by molar-refractivity contribution is 14.1. The summed E-state index contributed by atoms with van der Waals surface area (Å²) in [7, 11) is 3.44. The molecule has 2 atom stereocenters. The Morgan fingerprint density at radius 1 is 0.857 bits per heavy atom. The first-order chi connectivity index (χ1) is 15.7. The Morgan fingerprint density at radius 2 is 1.29 bits per heavy atom. The number of anilines is 1. The summed E-state index contributed by atoms with van der Waals surface area (Å²) >= 11 is 2.30. The van der Waals surface area contributed by atoms with Crippen LogP contribution in [-0.4, -0.2) is 74.5 Å². The minimum Gasteiger partial charge on any atom is -0.443 e. The van der Waals surface area contributed by atoms with E-state index in [1.807, 2.05) is 12.1 Å². The van der Waals surface area contributed by atoms with Crippen molar-refractivity contribution in [2.75, 3.05) is 45.6 Å². The molecule has 0 aliphatic carbocycles. The topological polar surface area (TPSA) is 97.1 Å². The van der Waals surface area contributed by atoms with Crippen molar-refractivity contribution in [2.24, 2.45) is 5.73 Å². The van der Waals surface area contributed by atoms with Gasteiger partial charge in [0.2, 0.25) is 0 Å². The molecule has 2 heterocycles. The number of amides is 2. The Hall–Kier alpha value is -1.83. The maximum Gasteiger partial charge on any atom is 0.410 e. The number of aryl methyl sites for hydroxylation is 2. The lowest BCUT2D eigenvalue weighted by molar-refractivity contribution is 0.137. The number of benzene rings is 2. The van der Waals surface area contributed by atoms with Crippen LogP contribution in [0, 0.1) is 17.4 Å². The van der Waals surface area contributed by atoms with E-state index in [4.69, 9.17) is 15.2 Å². The lowest BCUT2D eigenvalue weighted by Crippen LogP contribution is -2.24. The van der Waals surface area contributed by atoms with E-state index < -0.39 is 0 Å². The Bertz CT molecular complexity index is 882. The minimum absolute atomic E-state index is 0. The fourth-order valence-corrected chi connectivity index (χ4v) is 3.32. The number of nitrogens with two attached hydrogens (primary N) is 1. The van der Waals surface area contributed by atoms with Crippen molar-refractivity contribution in [3.05, 3.63) is 63.2 Å². The van der Waals surface area contributed by atoms with Gasteiger partial charge in [-0.3, -0.25) is 0 Å². The molecular formula is C24H37IN4O4S2. The Morgan fingerprint density at radius 3 is 1.63 bits per heavy atom. The van der Waals surface area contributed by atoms with E-state index in [9.17, 15) is 9.59 Å². The number of hydrogen-bond acceptors (Lipinski definition) is 6. The molecule has 2 aromatic carbocycles. The van der Waals surface area contributed by atoms with Crippen LogP contribution in [-0.2, 0) is 9.47 Å². The van der Waals surface area contributed by atoms with Crippen molar-refractivity contribution in [2.45, 2.75) is 26.1 Å². The predicted octanol–water partition coefficient (Wildman–Crippen LogP) is 4.08. The van der Waals surface area contributed by atoms with Crippen molar-refractivity contribution in [1.29, 1.82) is 0 Å². The molecule has 2 saturated heterocycles. The summed E-state index contributed by atoms with van der Waals surface area (Å²) in [6, 6.07) is 16.6. The van der Waals surface area contributed by atoms with Gasteiger partial charge in [-0.1, -0.05) is 35.4 Å². The average Bonchev–Trinajstić information content (AvgIpc) is 3.30. The zero-order valence-corrected chi connectivity index (χ0v) is 24.7. The van der Waals surface area contributed by atoms with Crippen LogP contribution in [0.5, 0.6) is 0 Å². The van der Waals surface area contributed by atoms with Crippen molar-refractivity contribution in [1.82, 2.24) is 9.80 Å². The average molecular weight is 637 g/mol. The number of rotatable bonds is 4. The minimum atomic E-state index is -0.273. The molecule has 2 aliphatic rings. The van der Waals surface area contributed by atoms with Gasteiger partial charge >= 0.3 is 12.2 Å². The number of nitrogens with one attached hydrogen (secondary N) is 1. The van der Waals surface area contributed by atoms with Crippen molar-refractivity contribution < 1.29 is 19.1 Å². The monoisotopic (exact) mass is 636 g/mol. The molecule has 2 aliphatic heterocycles. The largest absolute Gasteiger partial charge is 0.443 e. The van der Waals surface area contributed by atoms with Crippen LogP contribution in [0.2, 0.25) is 0 Å². The molecule has 0 aromatic heterocycles. The van der Waals surface area contributed by atoms with Crippen LogP contribution < -0.4 is 11.1 Å². The molecule has 196 valence electrons. The zero-order chi connectivity index (χ0) is 24.4. The number of ether oxygens (including phenoxy) is 2. The molecule has 0 unspecified atom stereocenters. The number of carbonyl (C=O) groups is 2. The van der Waals surface area contributed by atoms with Crippen molar-refractivity contribution in [3.8, 4) is 0 Å². The number of carbonyl (C=O) groups excluding carboxylic acids is 2. The molecule has 2 aromatic rings. The van der Waals surface area contributed by atoms with E-state index in [2.05, 4.69) is 78.2 Å². The first-order valence-corrected chi connectivity index (χ1v) is 11.8. The lowest BCUT2D eigenvalue weighted by Gasteiger charge is -2.10. The van der Waals surface area contributed by atoms with E-state index in [1.165, 1.54) is 19.6 Å². The third-order valence-electron chi connectivity index (χ3n) is 4.97. The van der Waals surface area contributed by atoms with Crippen LogP contribution in [0.1, 0.15) is 11.1 Å². The number of cyclic esters (lactones) is 2. The second kappa shape index (κ2) is 16.8. The number of likely N-dealkylation sites (N-methyl/N-ethyl adjacent to an activating group) is 2. The molecule has 0 radical (unpaired) electrons. The second-order valence-corrected chi connectivity index (χ2v) is 9.30. The summed E-state index contributed by atoms with van der Waals surface area (Å²) < 4.78 is 11.2. The van der Waals surface area contributed by atoms with Gasteiger partial charge in [0.05, 0.1) is 19.6 Å². The van der Waals surface area contributed by atoms with Crippen LogP contribution in [0.4, 0.5) is 15.3 Å². The van der Waals surface area contributed by atoms with Crippen LogP contribution in [0.3, 0.4) is 0 Å². The Kier molecular flexibility index (Phi) is 15.9. The molecule has 4 rings (SSSR count). The lowest BCUT2D eigenvalue weighted by atomic mass is 10.2. The zero-order valence-electron chi connectivity index (χ0n) is 20.6. The van der Waals surface area contributed by atoms with Gasteiger partial charge in [0.15, 0.2) is 0 Å². The fourth-order valence-electron chi connectivity index (χ4n) is 2.96. The summed E-state index contributed by atoms with van der Waals surface area (Å²) in [6.07, 6.45) is -0.664. The second-order valence-electron chi connectivity index (χ2n) is 8.05. The highest BCUT2D eigenvalue weighted by Gasteiger charge is 2.28. The molecule has 8 nitrogen and oxygen atoms in total. The maximum atomic E-state index is 11.1. The summed E-state index contributed by atoms with van der Waals surface area (Å²) in [5, 5.41) is 3.25. The first kappa shape index (κ1) is 33.2. The van der Waals surface area contributed by atoms with Gasteiger partial charge in [-0.15, -0.1) is 0 Å². The van der Waals surface area contributed by atoms with Gasteiger partial charge in [-0.25, -0.2) is 9.59 Å². The van der Waals surface area contributed by atoms with Gasteiger partial charge in [-0.05, 0) is 60.7 Å². The fraction of sp³-hybridized carbons (Fsp3) is 0.417. The highest BCUT2D eigenvalue weighted by atomic mass is 127. The maximum absolute atomic E-state index is 11.1. The van der Waals surface area contributed by atoms with Gasteiger partial charge < -0.3 is 30.3 Å². The van der Waals surface area contributed by atoms with Gasteiger partial charge in [0.25, 0.3) is 0 Å². The summed E-state index contributed by atoms with van der Waals surface area (Å²) in [6.45, 7) is 6.48. The summed E-state index contributed by atoms with van der Waals surface area (Å²) in [4.78, 5) is 24.8. The summed E-state index contributed by atoms with van der Waals surface area (Å²) in [5.74, 6) is 0. The number of hydrogen-bond donors (Lipinski definition) is 2. The number of nitrogens with zero attached hydrogens (tertiary/aromatic N) is 2. The molecule has 11 heteroatoms. The molecule has 2 amide bonds. The van der Waals surface area contributed by atoms with E-state index in [-0.39, 0.29) is 51.4 Å². The van der Waals surface area contributed by atoms with Crippen LogP contribution in [0.25, 0.3) is 0 Å². The van der Waals surface area contributed by atoms with Gasteiger partial charge in [0.1, 0.15) is 12.2 Å². The predicted molar refractivity (Wildman–Crippen MR) is 159 cm³/mol. The Balaban J connectivity index is 0.000000523. The first-order valence-electron chi connectivity index (χ1n) is 10.7. The van der Waals surface area contributed by atoms with Gasteiger partial charge in [-0.2, -0.15) is 27.0 Å². The normalized spacial score (nSPS) is 18.0. The molecule has 3 N–H and O–H groups in total. The molecule has 35 heavy (non-hydrogen) atoms. The standard InChI is InChI=1S/C12H16N2O2.C7H7I.C5H10N2O2.2H2S/c1-9-3-5-10(6-4-9)13-7-11-8-14(2)12(15)16-11;1-6-2-4-7(8)5-3-6;1-7-3-4(2-6)9-5(7)8;;/h3-6,11,13H,7-8H2,1-2H3;2-5H,1H3;4H,2-3,6H2,1H3;2*1H2/t11-;;4-;;/m0.0../s1. The van der Waals surface area contributed by atoms with E-state index in [0.717, 1.165) is 5.69 Å². The smallest absolute Gasteiger partial charge is 0.410 e. The van der Waals surface area contributed by atoms with E-state index in [1.54, 1.807) is 19.0 Å². The van der Waals surface area contributed by atoms with E-state index in [0.29, 0.717) is 26.2 Å². The molecule has 0 bridgehead atoms. The SMILES string of the molecule is CN1C[C@H](CN)OC1=O.Cc1ccc(I)cc1.Cc1ccc(NC[C@H]2CN(C)C(=O)O2)cc1.S.S. The molecule has 0 saturated carbocycles. The van der Waals surface area contributed by atoms with Crippen molar-refractivity contribution in [3.63, 3.8) is 0 Å². The van der Waals surface area contributed by atoms with Gasteiger partial charge in [0, 0.05) is 29.9 Å². The third kappa shape index (κ3) is 12.1. The molecular weight excluding hydrogens is 599 g/mol. The molecule has 0 spiro atoms. The summed E-state index contributed by atoms with van der Waals surface area (Å²) in [5.41, 5.74) is 8.86. The van der Waals surface area contributed by atoms with Crippen molar-refractivity contribution >= 4 is 67.5 Å². The Labute approximate surface area is 235 Å². The number of halogens is 1. The third-order valence-corrected chi connectivity index (χ3v) is 5.69. The highest BCUT2D eigenvalue weighted by Crippen LogP contribution is 2.12. The van der Waals surface area contributed by atoms with Crippen LogP contribution in [0.15, 0.2) is 48.5 Å². The van der Waals surface area contributed by atoms with Crippen LogP contribution >= 0.6 is 49.6 Å². The quantitative estimate of drug-likeness (QED) is 0.492.